The molecule has 1 aromatic carbocycles. The fourth-order valence-corrected chi connectivity index (χ4v) is 4.15. The molecule has 0 aliphatic carbocycles. The van der Waals surface area contributed by atoms with Crippen LogP contribution in [0, 0.1) is 0 Å². The number of sulfone groups is 1. The molecule has 27 heavy (non-hydrogen) atoms. The number of hydrogen-bond donors (Lipinski definition) is 2. The van der Waals surface area contributed by atoms with Crippen LogP contribution in [0.15, 0.2) is 34.2 Å². The first-order valence-corrected chi connectivity index (χ1v) is 12.2. The van der Waals surface area contributed by atoms with Gasteiger partial charge in [-0.15, -0.1) is 0 Å². The molecule has 0 heterocycles. The number of guanidine groups is 1. The molecular formula is C17H30N4O4S2. The van der Waals surface area contributed by atoms with Crippen molar-refractivity contribution in [3.8, 4) is 0 Å². The van der Waals surface area contributed by atoms with Gasteiger partial charge in [0, 0.05) is 32.9 Å². The lowest BCUT2D eigenvalue weighted by molar-refractivity contribution is 0.519. The molecule has 1 rings (SSSR count). The molecule has 0 radical (unpaired) electrons. The molecular weight excluding hydrogens is 388 g/mol. The Morgan fingerprint density at radius 3 is 2.37 bits per heavy atom. The van der Waals surface area contributed by atoms with Crippen molar-refractivity contribution in [1.29, 1.82) is 0 Å². The maximum Gasteiger partial charge on any atom is 0.242 e. The van der Waals surface area contributed by atoms with Crippen molar-refractivity contribution >= 4 is 25.8 Å². The highest BCUT2D eigenvalue weighted by molar-refractivity contribution is 7.90. The van der Waals surface area contributed by atoms with E-state index in [1.54, 1.807) is 24.3 Å². The molecule has 0 bridgehead atoms. The molecule has 2 N–H and O–H groups in total. The summed E-state index contributed by atoms with van der Waals surface area (Å²) in [6.07, 6.45) is 1.66. The van der Waals surface area contributed by atoms with Gasteiger partial charge in [-0.1, -0.05) is 18.2 Å². The van der Waals surface area contributed by atoms with Gasteiger partial charge in [0.1, 0.15) is 9.84 Å². The van der Waals surface area contributed by atoms with Gasteiger partial charge in [0.05, 0.1) is 17.2 Å². The van der Waals surface area contributed by atoms with Crippen LogP contribution >= 0.6 is 0 Å². The van der Waals surface area contributed by atoms with Gasteiger partial charge in [-0.3, -0.25) is 0 Å². The summed E-state index contributed by atoms with van der Waals surface area (Å²) >= 11 is 0. The minimum Gasteiger partial charge on any atom is -0.357 e. The molecule has 0 fully saturated rings. The normalized spacial score (nSPS) is 14.2. The van der Waals surface area contributed by atoms with Crippen molar-refractivity contribution in [2.75, 3.05) is 32.6 Å². The Morgan fingerprint density at radius 1 is 1.19 bits per heavy atom. The maximum atomic E-state index is 12.5. The largest absolute Gasteiger partial charge is 0.357 e. The SMILES string of the molecule is CCNC(=NCc1ccccc1S(=O)(=O)N(C)C)NC(C)CCS(C)(=O)=O. The standard InChI is InChI=1S/C17H30N4O4S2/c1-6-18-17(20-14(2)11-12-26(5,22)23)19-13-15-9-7-8-10-16(15)27(24,25)21(3)4/h7-10,14H,6,11-13H2,1-5H3,(H2,18,19,20). The molecule has 0 aromatic heterocycles. The van der Waals surface area contributed by atoms with Gasteiger partial charge in [0.25, 0.3) is 0 Å². The second-order valence-corrected chi connectivity index (χ2v) is 10.9. The summed E-state index contributed by atoms with van der Waals surface area (Å²) in [7, 11) is -3.60. The summed E-state index contributed by atoms with van der Waals surface area (Å²) in [6.45, 7) is 4.60. The molecule has 0 aliphatic heterocycles. The van der Waals surface area contributed by atoms with Gasteiger partial charge < -0.3 is 10.6 Å². The zero-order chi connectivity index (χ0) is 20.7. The molecule has 10 heteroatoms. The topological polar surface area (TPSA) is 108 Å². The monoisotopic (exact) mass is 418 g/mol. The van der Waals surface area contributed by atoms with Crippen LogP contribution in [0.4, 0.5) is 0 Å². The van der Waals surface area contributed by atoms with E-state index in [1.165, 1.54) is 24.7 Å². The minimum absolute atomic E-state index is 0.0878. The Balaban J connectivity index is 2.97. The number of benzene rings is 1. The molecule has 1 atom stereocenters. The van der Waals surface area contributed by atoms with Crippen LogP contribution in [0.3, 0.4) is 0 Å². The Hall–Kier alpha value is -1.65. The first-order chi connectivity index (χ1) is 12.5. The molecule has 0 saturated carbocycles. The predicted molar refractivity (Wildman–Crippen MR) is 109 cm³/mol. The van der Waals surface area contributed by atoms with E-state index in [1.807, 2.05) is 13.8 Å². The third kappa shape index (κ3) is 7.86. The van der Waals surface area contributed by atoms with E-state index in [9.17, 15) is 16.8 Å². The smallest absolute Gasteiger partial charge is 0.242 e. The molecule has 8 nitrogen and oxygen atoms in total. The van der Waals surface area contributed by atoms with Crippen LogP contribution in [-0.2, 0) is 26.4 Å². The fourth-order valence-electron chi connectivity index (χ4n) is 2.26. The highest BCUT2D eigenvalue weighted by atomic mass is 32.2. The van der Waals surface area contributed by atoms with Gasteiger partial charge in [-0.25, -0.2) is 26.1 Å². The van der Waals surface area contributed by atoms with Crippen molar-refractivity contribution in [3.63, 3.8) is 0 Å². The van der Waals surface area contributed by atoms with Crippen LogP contribution in [0.2, 0.25) is 0 Å². The lowest BCUT2D eigenvalue weighted by Gasteiger charge is -2.18. The molecule has 0 saturated heterocycles. The average molecular weight is 419 g/mol. The van der Waals surface area contributed by atoms with E-state index >= 15 is 0 Å². The molecule has 154 valence electrons. The Bertz CT molecular complexity index is 849. The fraction of sp³-hybridized carbons (Fsp3) is 0.588. The first kappa shape index (κ1) is 23.4. The summed E-state index contributed by atoms with van der Waals surface area (Å²) in [5, 5.41) is 6.25. The maximum absolute atomic E-state index is 12.5. The molecule has 0 amide bonds. The summed E-state index contributed by atoms with van der Waals surface area (Å²) in [5.41, 5.74) is 0.590. The van der Waals surface area contributed by atoms with Crippen molar-refractivity contribution < 1.29 is 16.8 Å². The van der Waals surface area contributed by atoms with Crippen LogP contribution < -0.4 is 10.6 Å². The van der Waals surface area contributed by atoms with E-state index in [0.29, 0.717) is 24.5 Å². The van der Waals surface area contributed by atoms with Gasteiger partial charge >= 0.3 is 0 Å². The van der Waals surface area contributed by atoms with Crippen molar-refractivity contribution in [2.24, 2.45) is 4.99 Å². The number of hydrogen-bond acceptors (Lipinski definition) is 5. The van der Waals surface area contributed by atoms with Gasteiger partial charge in [-0.05, 0) is 31.9 Å². The first-order valence-electron chi connectivity index (χ1n) is 8.70. The highest BCUT2D eigenvalue weighted by Crippen LogP contribution is 2.19. The van der Waals surface area contributed by atoms with Crippen LogP contribution in [-0.4, -0.2) is 65.8 Å². The van der Waals surface area contributed by atoms with Crippen LogP contribution in [0.25, 0.3) is 0 Å². The highest BCUT2D eigenvalue weighted by Gasteiger charge is 2.20. The second-order valence-electron chi connectivity index (χ2n) is 6.55. The summed E-state index contributed by atoms with van der Waals surface area (Å²) in [6, 6.07) is 6.65. The number of nitrogens with one attached hydrogen (secondary N) is 2. The van der Waals surface area contributed by atoms with Gasteiger partial charge in [-0.2, -0.15) is 0 Å². The molecule has 1 unspecified atom stereocenters. The van der Waals surface area contributed by atoms with E-state index in [0.717, 1.165) is 0 Å². The lowest BCUT2D eigenvalue weighted by Crippen LogP contribution is -2.42. The number of nitrogens with zero attached hydrogens (tertiary/aromatic N) is 2. The van der Waals surface area contributed by atoms with Crippen molar-refractivity contribution in [3.05, 3.63) is 29.8 Å². The summed E-state index contributed by atoms with van der Waals surface area (Å²) in [4.78, 5) is 4.69. The van der Waals surface area contributed by atoms with E-state index in [-0.39, 0.29) is 23.2 Å². The molecule has 1 aromatic rings. The van der Waals surface area contributed by atoms with Crippen LogP contribution in [0.1, 0.15) is 25.8 Å². The summed E-state index contributed by atoms with van der Waals surface area (Å²) < 4.78 is 48.7. The Labute approximate surface area is 163 Å². The summed E-state index contributed by atoms with van der Waals surface area (Å²) in [5.74, 6) is 0.598. The quantitative estimate of drug-likeness (QED) is 0.454. The van der Waals surface area contributed by atoms with E-state index in [2.05, 4.69) is 15.6 Å². The van der Waals surface area contributed by atoms with E-state index < -0.39 is 19.9 Å². The number of aliphatic imine (C=N–C) groups is 1. The minimum atomic E-state index is -3.56. The molecule has 0 aliphatic rings. The number of sulfonamides is 1. The predicted octanol–water partition coefficient (Wildman–Crippen LogP) is 0.815. The molecule has 0 spiro atoms. The van der Waals surface area contributed by atoms with Gasteiger partial charge in [0.2, 0.25) is 10.0 Å². The van der Waals surface area contributed by atoms with Crippen molar-refractivity contribution in [2.45, 2.75) is 37.8 Å². The average Bonchev–Trinajstić information content (AvgIpc) is 2.57. The number of rotatable bonds is 9. The third-order valence-electron chi connectivity index (χ3n) is 3.79. The Kier molecular flexibility index (Phi) is 8.70. The van der Waals surface area contributed by atoms with E-state index in [4.69, 9.17) is 0 Å². The lowest BCUT2D eigenvalue weighted by atomic mass is 10.2. The zero-order valence-corrected chi connectivity index (χ0v) is 18.2. The third-order valence-corrected chi connectivity index (χ3v) is 6.68. The van der Waals surface area contributed by atoms with Gasteiger partial charge in [0.15, 0.2) is 5.96 Å². The zero-order valence-electron chi connectivity index (χ0n) is 16.6. The van der Waals surface area contributed by atoms with Crippen LogP contribution in [0.5, 0.6) is 0 Å². The van der Waals surface area contributed by atoms with Crippen molar-refractivity contribution in [1.82, 2.24) is 14.9 Å². The second kappa shape index (κ2) is 10.0. The Morgan fingerprint density at radius 2 is 1.81 bits per heavy atom.